The van der Waals surface area contributed by atoms with Gasteiger partial charge in [-0.15, -0.1) is 11.8 Å². The summed E-state index contributed by atoms with van der Waals surface area (Å²) in [7, 11) is 0. The van der Waals surface area contributed by atoms with E-state index in [1.807, 2.05) is 30.3 Å². The van der Waals surface area contributed by atoms with E-state index in [0.29, 0.717) is 10.0 Å². The lowest BCUT2D eigenvalue weighted by Crippen LogP contribution is -2.41. The van der Waals surface area contributed by atoms with E-state index < -0.39 is 23.1 Å². The zero-order valence-corrected chi connectivity index (χ0v) is 17.7. The Morgan fingerprint density at radius 3 is 2.72 bits per heavy atom. The van der Waals surface area contributed by atoms with Crippen LogP contribution >= 0.6 is 27.7 Å². The van der Waals surface area contributed by atoms with Crippen LogP contribution in [-0.2, 0) is 25.7 Å². The summed E-state index contributed by atoms with van der Waals surface area (Å²) in [6, 6.07) is 13.7. The fourth-order valence-corrected chi connectivity index (χ4v) is 4.31. The number of carbonyl (C=O) groups is 3. The average molecular weight is 481 g/mol. The number of nitrogens with one attached hydrogen (secondary N) is 1. The molecule has 1 fully saturated rings. The van der Waals surface area contributed by atoms with Crippen LogP contribution in [0.3, 0.4) is 0 Å². The van der Waals surface area contributed by atoms with Crippen molar-refractivity contribution in [2.75, 3.05) is 18.8 Å². The maximum Gasteiger partial charge on any atom is 0.325 e. The van der Waals surface area contributed by atoms with E-state index in [0.717, 1.165) is 5.56 Å². The number of ether oxygens (including phenoxy) is 1. The van der Waals surface area contributed by atoms with Gasteiger partial charge < -0.3 is 15.0 Å². The molecule has 152 valence electrons. The summed E-state index contributed by atoms with van der Waals surface area (Å²) < 4.78 is 18.9. The third kappa shape index (κ3) is 5.80. The molecule has 1 aliphatic heterocycles. The Morgan fingerprint density at radius 2 is 2.00 bits per heavy atom. The second-order valence-corrected chi connectivity index (χ2v) is 8.20. The number of hydrogen-bond donors (Lipinski definition) is 1. The van der Waals surface area contributed by atoms with E-state index in [1.165, 1.54) is 22.7 Å². The van der Waals surface area contributed by atoms with Gasteiger partial charge in [0.25, 0.3) is 0 Å². The summed E-state index contributed by atoms with van der Waals surface area (Å²) in [5, 5.41) is 2.08. The van der Waals surface area contributed by atoms with Crippen LogP contribution in [0.1, 0.15) is 16.5 Å². The topological polar surface area (TPSA) is 75.7 Å². The number of amides is 2. The molecule has 6 nitrogen and oxygen atoms in total. The number of benzene rings is 2. The van der Waals surface area contributed by atoms with Crippen LogP contribution in [-0.4, -0.2) is 41.5 Å². The lowest BCUT2D eigenvalue weighted by Gasteiger charge is -2.23. The molecule has 1 heterocycles. The van der Waals surface area contributed by atoms with Crippen molar-refractivity contribution in [1.82, 2.24) is 10.2 Å². The van der Waals surface area contributed by atoms with Gasteiger partial charge in [0.2, 0.25) is 11.8 Å². The summed E-state index contributed by atoms with van der Waals surface area (Å²) >= 11 is 4.49. The molecule has 29 heavy (non-hydrogen) atoms. The molecule has 2 aromatic carbocycles. The molecule has 0 bridgehead atoms. The van der Waals surface area contributed by atoms with Gasteiger partial charge in [-0.2, -0.15) is 0 Å². The molecule has 1 atom stereocenters. The monoisotopic (exact) mass is 480 g/mol. The highest BCUT2D eigenvalue weighted by molar-refractivity contribution is 9.10. The first-order chi connectivity index (χ1) is 13.9. The van der Waals surface area contributed by atoms with Crippen LogP contribution in [0.4, 0.5) is 4.39 Å². The SMILES string of the molecule is O=C(CN1C(=O)CSC1c1ccc(F)c(Br)c1)NCC(=O)OCc1ccccc1. The molecule has 0 radical (unpaired) electrons. The Kier molecular flexibility index (Phi) is 7.27. The summed E-state index contributed by atoms with van der Waals surface area (Å²) in [6.45, 7) is -0.358. The van der Waals surface area contributed by atoms with Crippen LogP contribution in [0.15, 0.2) is 53.0 Å². The first-order valence-electron chi connectivity index (χ1n) is 8.76. The van der Waals surface area contributed by atoms with E-state index in [9.17, 15) is 18.8 Å². The minimum atomic E-state index is -0.566. The summed E-state index contributed by atoms with van der Waals surface area (Å²) in [5.74, 6) is -1.40. The number of halogens is 2. The number of esters is 1. The third-order valence-electron chi connectivity index (χ3n) is 4.18. The van der Waals surface area contributed by atoms with Crippen LogP contribution in [0.25, 0.3) is 0 Å². The van der Waals surface area contributed by atoms with Gasteiger partial charge in [0.05, 0.1) is 10.2 Å². The maximum absolute atomic E-state index is 13.5. The lowest BCUT2D eigenvalue weighted by atomic mass is 10.2. The predicted molar refractivity (Wildman–Crippen MR) is 110 cm³/mol. The summed E-state index contributed by atoms with van der Waals surface area (Å²) in [4.78, 5) is 37.6. The van der Waals surface area contributed by atoms with Crippen molar-refractivity contribution in [2.24, 2.45) is 0 Å². The Morgan fingerprint density at radius 1 is 1.24 bits per heavy atom. The molecule has 1 unspecified atom stereocenters. The molecular formula is C20H18BrFN2O4S. The number of carbonyl (C=O) groups excluding carboxylic acids is 3. The van der Waals surface area contributed by atoms with Crippen LogP contribution in [0.5, 0.6) is 0 Å². The lowest BCUT2D eigenvalue weighted by molar-refractivity contribution is -0.145. The van der Waals surface area contributed by atoms with Gasteiger partial charge in [0, 0.05) is 0 Å². The second kappa shape index (κ2) is 9.89. The first-order valence-corrected chi connectivity index (χ1v) is 10.6. The molecule has 2 amide bonds. The van der Waals surface area contributed by atoms with Gasteiger partial charge in [-0.05, 0) is 39.2 Å². The Balaban J connectivity index is 1.51. The molecule has 0 saturated carbocycles. The molecule has 2 aromatic rings. The Labute approximate surface area is 179 Å². The quantitative estimate of drug-likeness (QED) is 0.616. The van der Waals surface area contributed by atoms with Crippen molar-refractivity contribution in [3.63, 3.8) is 0 Å². The van der Waals surface area contributed by atoms with E-state index in [2.05, 4.69) is 21.2 Å². The van der Waals surface area contributed by atoms with Crippen molar-refractivity contribution in [1.29, 1.82) is 0 Å². The molecule has 9 heteroatoms. The van der Waals surface area contributed by atoms with Crippen molar-refractivity contribution < 1.29 is 23.5 Å². The normalized spacial score (nSPS) is 16.0. The zero-order chi connectivity index (χ0) is 20.8. The molecule has 3 rings (SSSR count). The average Bonchev–Trinajstić information content (AvgIpc) is 3.08. The Hall–Kier alpha value is -2.39. The van der Waals surface area contributed by atoms with Crippen LogP contribution in [0, 0.1) is 5.82 Å². The standard InChI is InChI=1S/C20H18BrFN2O4S/c21-15-8-14(6-7-16(15)22)20-24(18(26)12-29-20)10-17(25)23-9-19(27)28-11-13-4-2-1-3-5-13/h1-8,20H,9-12H2,(H,23,25). The predicted octanol–water partition coefficient (Wildman–Crippen LogP) is 3.02. The number of rotatable bonds is 7. The fourth-order valence-electron chi connectivity index (χ4n) is 2.74. The number of hydrogen-bond acceptors (Lipinski definition) is 5. The maximum atomic E-state index is 13.5. The summed E-state index contributed by atoms with van der Waals surface area (Å²) in [6.07, 6.45) is 0. The van der Waals surface area contributed by atoms with Crippen LogP contribution in [0.2, 0.25) is 0 Å². The minimum Gasteiger partial charge on any atom is -0.460 e. The molecule has 0 aliphatic carbocycles. The molecule has 0 aromatic heterocycles. The van der Waals surface area contributed by atoms with E-state index >= 15 is 0 Å². The van der Waals surface area contributed by atoms with E-state index in [4.69, 9.17) is 4.74 Å². The molecular weight excluding hydrogens is 463 g/mol. The highest BCUT2D eigenvalue weighted by Crippen LogP contribution is 2.39. The largest absolute Gasteiger partial charge is 0.460 e. The van der Waals surface area contributed by atoms with E-state index in [1.54, 1.807) is 12.1 Å². The molecule has 1 saturated heterocycles. The molecule has 1 aliphatic rings. The molecule has 1 N–H and O–H groups in total. The van der Waals surface area contributed by atoms with Crippen molar-refractivity contribution in [3.8, 4) is 0 Å². The summed E-state index contributed by atoms with van der Waals surface area (Å²) in [5.41, 5.74) is 1.56. The van der Waals surface area contributed by atoms with Gasteiger partial charge in [0.15, 0.2) is 0 Å². The second-order valence-electron chi connectivity index (χ2n) is 6.28. The van der Waals surface area contributed by atoms with Crippen molar-refractivity contribution in [3.05, 3.63) is 69.9 Å². The number of nitrogens with zero attached hydrogens (tertiary/aromatic N) is 1. The first kappa shape index (κ1) is 21.3. The molecule has 0 spiro atoms. The van der Waals surface area contributed by atoms with Gasteiger partial charge in [-0.25, -0.2) is 4.39 Å². The minimum absolute atomic E-state index is 0.123. The van der Waals surface area contributed by atoms with Crippen molar-refractivity contribution in [2.45, 2.75) is 12.0 Å². The zero-order valence-electron chi connectivity index (χ0n) is 15.3. The van der Waals surface area contributed by atoms with Gasteiger partial charge >= 0.3 is 5.97 Å². The van der Waals surface area contributed by atoms with Crippen molar-refractivity contribution >= 4 is 45.5 Å². The van der Waals surface area contributed by atoms with Gasteiger partial charge in [-0.1, -0.05) is 36.4 Å². The Bertz CT molecular complexity index is 913. The third-order valence-corrected chi connectivity index (χ3v) is 6.05. The van der Waals surface area contributed by atoms with Gasteiger partial charge in [-0.3, -0.25) is 14.4 Å². The van der Waals surface area contributed by atoms with Gasteiger partial charge in [0.1, 0.15) is 30.9 Å². The van der Waals surface area contributed by atoms with Crippen LogP contribution < -0.4 is 5.32 Å². The highest BCUT2D eigenvalue weighted by atomic mass is 79.9. The fraction of sp³-hybridized carbons (Fsp3) is 0.250. The smallest absolute Gasteiger partial charge is 0.325 e. The number of thioether (sulfide) groups is 1. The highest BCUT2D eigenvalue weighted by Gasteiger charge is 2.34. The van der Waals surface area contributed by atoms with E-state index in [-0.39, 0.29) is 31.4 Å².